The van der Waals surface area contributed by atoms with Crippen LogP contribution in [0, 0.1) is 3.57 Å². The molecule has 1 N–H and O–H groups in total. The molecule has 0 unspecified atom stereocenters. The van der Waals surface area contributed by atoms with Crippen molar-refractivity contribution in [3.05, 3.63) is 50.1 Å². The van der Waals surface area contributed by atoms with Gasteiger partial charge in [-0.05, 0) is 52.9 Å². The van der Waals surface area contributed by atoms with Crippen molar-refractivity contribution in [2.75, 3.05) is 5.32 Å². The van der Waals surface area contributed by atoms with E-state index in [2.05, 4.69) is 32.9 Å². The van der Waals surface area contributed by atoms with Gasteiger partial charge in [-0.2, -0.15) is 0 Å². The number of aromatic nitrogens is 1. The lowest BCUT2D eigenvalue weighted by Gasteiger charge is -2.07. The van der Waals surface area contributed by atoms with Gasteiger partial charge in [0.15, 0.2) is 0 Å². The molecule has 0 fully saturated rings. The van der Waals surface area contributed by atoms with Crippen molar-refractivity contribution in [2.45, 2.75) is 0 Å². The summed E-state index contributed by atoms with van der Waals surface area (Å²) in [5, 5.41) is 4.22. The van der Waals surface area contributed by atoms with Gasteiger partial charge in [0.1, 0.15) is 11.0 Å². The van der Waals surface area contributed by atoms with Crippen LogP contribution in [-0.4, -0.2) is 4.98 Å². The van der Waals surface area contributed by atoms with Crippen LogP contribution >= 0.6 is 45.8 Å². The zero-order valence-electron chi connectivity index (χ0n) is 8.05. The van der Waals surface area contributed by atoms with Crippen molar-refractivity contribution in [2.24, 2.45) is 0 Å². The summed E-state index contributed by atoms with van der Waals surface area (Å²) in [7, 11) is 0. The van der Waals surface area contributed by atoms with Crippen LogP contribution in [0.1, 0.15) is 0 Å². The van der Waals surface area contributed by atoms with E-state index in [-0.39, 0.29) is 0 Å². The molecule has 2 rings (SSSR count). The number of hydrogen-bond acceptors (Lipinski definition) is 2. The van der Waals surface area contributed by atoms with Crippen molar-refractivity contribution in [1.29, 1.82) is 0 Å². The molecule has 0 saturated heterocycles. The highest BCUT2D eigenvalue weighted by atomic mass is 127. The molecule has 0 radical (unpaired) electrons. The smallest absolute Gasteiger partial charge is 0.132 e. The summed E-state index contributed by atoms with van der Waals surface area (Å²) < 4.78 is 1.09. The Morgan fingerprint density at radius 2 is 1.94 bits per heavy atom. The molecule has 0 aliphatic carbocycles. The molecular weight excluding hydrogens is 358 g/mol. The third-order valence-corrected chi connectivity index (χ3v) is 3.10. The van der Waals surface area contributed by atoms with Crippen LogP contribution in [-0.2, 0) is 0 Å². The standard InChI is InChI=1S/C11H7Cl2IN2/c12-8-6-7(14)4-5-9(8)15-11-3-1-2-10(13)16-11/h1-6H,(H,15,16). The van der Waals surface area contributed by atoms with E-state index in [0.29, 0.717) is 16.0 Å². The zero-order chi connectivity index (χ0) is 11.5. The van der Waals surface area contributed by atoms with Gasteiger partial charge in [-0.1, -0.05) is 29.3 Å². The normalized spacial score (nSPS) is 10.2. The first-order valence-electron chi connectivity index (χ1n) is 4.50. The zero-order valence-corrected chi connectivity index (χ0v) is 11.7. The van der Waals surface area contributed by atoms with E-state index in [9.17, 15) is 0 Å². The highest BCUT2D eigenvalue weighted by Gasteiger charge is 2.02. The van der Waals surface area contributed by atoms with Crippen LogP contribution in [0.3, 0.4) is 0 Å². The summed E-state index contributed by atoms with van der Waals surface area (Å²) in [6.45, 7) is 0. The van der Waals surface area contributed by atoms with E-state index in [0.717, 1.165) is 9.26 Å². The summed E-state index contributed by atoms with van der Waals surface area (Å²) in [6.07, 6.45) is 0. The van der Waals surface area contributed by atoms with Crippen LogP contribution in [0.25, 0.3) is 0 Å². The molecule has 0 atom stereocenters. The predicted molar refractivity (Wildman–Crippen MR) is 76.7 cm³/mol. The second-order valence-corrected chi connectivity index (χ2v) is 5.13. The molecule has 1 aromatic carbocycles. The molecule has 0 spiro atoms. The highest BCUT2D eigenvalue weighted by Crippen LogP contribution is 2.26. The molecule has 2 aromatic rings. The first-order chi connectivity index (χ1) is 7.65. The minimum absolute atomic E-state index is 0.451. The lowest BCUT2D eigenvalue weighted by atomic mass is 10.3. The van der Waals surface area contributed by atoms with Crippen molar-refractivity contribution in [3.63, 3.8) is 0 Å². The van der Waals surface area contributed by atoms with Crippen LogP contribution in [0.4, 0.5) is 11.5 Å². The molecular formula is C11H7Cl2IN2. The average Bonchev–Trinajstić information content (AvgIpc) is 2.22. The van der Waals surface area contributed by atoms with Crippen LogP contribution in [0.5, 0.6) is 0 Å². The van der Waals surface area contributed by atoms with E-state index in [1.54, 1.807) is 6.07 Å². The number of nitrogens with zero attached hydrogens (tertiary/aromatic N) is 1. The summed E-state index contributed by atoms with van der Waals surface area (Å²) in [5.41, 5.74) is 0.817. The Hall–Kier alpha value is -0.520. The Morgan fingerprint density at radius 3 is 2.62 bits per heavy atom. The SMILES string of the molecule is Clc1cccc(Nc2ccc(I)cc2Cl)n1. The maximum absolute atomic E-state index is 6.09. The fraction of sp³-hybridized carbons (Fsp3) is 0. The topological polar surface area (TPSA) is 24.9 Å². The number of halogens is 3. The number of pyridine rings is 1. The molecule has 82 valence electrons. The Bertz CT molecular complexity index is 517. The molecule has 2 nitrogen and oxygen atoms in total. The number of hydrogen-bond donors (Lipinski definition) is 1. The summed E-state index contributed by atoms with van der Waals surface area (Å²) in [4.78, 5) is 4.13. The first-order valence-corrected chi connectivity index (χ1v) is 6.33. The molecule has 0 aliphatic heterocycles. The third kappa shape index (κ3) is 2.99. The van der Waals surface area contributed by atoms with Crippen molar-refractivity contribution in [1.82, 2.24) is 4.98 Å². The van der Waals surface area contributed by atoms with Crippen molar-refractivity contribution in [3.8, 4) is 0 Å². The van der Waals surface area contributed by atoms with Gasteiger partial charge in [0.2, 0.25) is 0 Å². The van der Waals surface area contributed by atoms with Crippen LogP contribution < -0.4 is 5.32 Å². The number of benzene rings is 1. The molecule has 0 bridgehead atoms. The number of anilines is 2. The molecule has 5 heteroatoms. The summed E-state index contributed by atoms with van der Waals surface area (Å²) >= 11 is 14.1. The van der Waals surface area contributed by atoms with E-state index in [1.165, 1.54) is 0 Å². The maximum atomic E-state index is 6.09. The van der Waals surface area contributed by atoms with Crippen molar-refractivity contribution >= 4 is 57.3 Å². The lowest BCUT2D eigenvalue weighted by Crippen LogP contribution is -1.94. The maximum Gasteiger partial charge on any atom is 0.132 e. The van der Waals surface area contributed by atoms with E-state index in [4.69, 9.17) is 23.2 Å². The Labute approximate surface area is 117 Å². The minimum atomic E-state index is 0.451. The van der Waals surface area contributed by atoms with Gasteiger partial charge in [-0.3, -0.25) is 0 Å². The van der Waals surface area contributed by atoms with Crippen LogP contribution in [0.15, 0.2) is 36.4 Å². The fourth-order valence-electron chi connectivity index (χ4n) is 1.21. The van der Waals surface area contributed by atoms with Gasteiger partial charge < -0.3 is 5.32 Å². The molecule has 1 heterocycles. The van der Waals surface area contributed by atoms with Crippen LogP contribution in [0.2, 0.25) is 10.2 Å². The third-order valence-electron chi connectivity index (χ3n) is 1.91. The largest absolute Gasteiger partial charge is 0.339 e. The quantitative estimate of drug-likeness (QED) is 0.615. The lowest BCUT2D eigenvalue weighted by molar-refractivity contribution is 1.31. The van der Waals surface area contributed by atoms with Gasteiger partial charge >= 0.3 is 0 Å². The van der Waals surface area contributed by atoms with E-state index >= 15 is 0 Å². The van der Waals surface area contributed by atoms with Gasteiger partial charge in [-0.15, -0.1) is 0 Å². The Morgan fingerprint density at radius 1 is 1.12 bits per heavy atom. The Balaban J connectivity index is 2.27. The molecule has 16 heavy (non-hydrogen) atoms. The second kappa shape index (κ2) is 5.21. The Kier molecular flexibility index (Phi) is 3.89. The number of nitrogens with one attached hydrogen (secondary N) is 1. The molecule has 1 aromatic heterocycles. The molecule has 0 saturated carbocycles. The van der Waals surface area contributed by atoms with Gasteiger partial charge in [0.05, 0.1) is 10.7 Å². The fourth-order valence-corrected chi connectivity index (χ4v) is 2.27. The predicted octanol–water partition coefficient (Wildman–Crippen LogP) is 4.74. The average molecular weight is 365 g/mol. The van der Waals surface area contributed by atoms with E-state index < -0.39 is 0 Å². The first kappa shape index (κ1) is 12.0. The van der Waals surface area contributed by atoms with Crippen molar-refractivity contribution < 1.29 is 0 Å². The summed E-state index contributed by atoms with van der Waals surface area (Å²) in [5.74, 6) is 0.676. The second-order valence-electron chi connectivity index (χ2n) is 3.09. The monoisotopic (exact) mass is 364 g/mol. The van der Waals surface area contributed by atoms with Gasteiger partial charge in [0.25, 0.3) is 0 Å². The minimum Gasteiger partial charge on any atom is -0.339 e. The van der Waals surface area contributed by atoms with Gasteiger partial charge in [-0.25, -0.2) is 4.98 Å². The summed E-state index contributed by atoms with van der Waals surface area (Å²) in [6, 6.07) is 11.2. The number of rotatable bonds is 2. The van der Waals surface area contributed by atoms with E-state index in [1.807, 2.05) is 30.3 Å². The molecule has 0 aliphatic rings. The molecule has 0 amide bonds. The highest BCUT2D eigenvalue weighted by molar-refractivity contribution is 14.1. The van der Waals surface area contributed by atoms with Gasteiger partial charge in [0, 0.05) is 3.57 Å².